The maximum Gasteiger partial charge on any atom is 0.315 e. The van der Waals surface area contributed by atoms with E-state index in [2.05, 4.69) is 10.6 Å². The van der Waals surface area contributed by atoms with Gasteiger partial charge < -0.3 is 15.5 Å². The average Bonchev–Trinajstić information content (AvgIpc) is 2.55. The molecule has 0 fully saturated rings. The van der Waals surface area contributed by atoms with Gasteiger partial charge in [-0.05, 0) is 6.07 Å². The molecule has 84 valence electrons. The number of carbonyl (C=O) groups excluding carboxylic acids is 2. The Bertz CT molecular complexity index is 445. The van der Waals surface area contributed by atoms with E-state index in [1.165, 1.54) is 7.05 Å². The van der Waals surface area contributed by atoms with Crippen molar-refractivity contribution in [2.75, 3.05) is 19.0 Å². The number of fused-ring (bicyclic) bond motifs is 1. The lowest BCUT2D eigenvalue weighted by Crippen LogP contribution is -2.40. The first-order valence-corrected chi connectivity index (χ1v) is 5.00. The van der Waals surface area contributed by atoms with Crippen molar-refractivity contribution < 1.29 is 9.59 Å². The lowest BCUT2D eigenvalue weighted by molar-refractivity contribution is -0.119. The summed E-state index contributed by atoms with van der Waals surface area (Å²) in [5.74, 6) is -0.121. The first-order chi connectivity index (χ1) is 7.65. The Morgan fingerprint density at radius 3 is 2.75 bits per heavy atom. The van der Waals surface area contributed by atoms with E-state index >= 15 is 0 Å². The van der Waals surface area contributed by atoms with Gasteiger partial charge in [0.05, 0.1) is 0 Å². The summed E-state index contributed by atoms with van der Waals surface area (Å²) in [7, 11) is 3.22. The summed E-state index contributed by atoms with van der Waals surface area (Å²) in [6.07, 6.45) is 0. The van der Waals surface area contributed by atoms with Crippen molar-refractivity contribution in [1.29, 1.82) is 0 Å². The number of rotatable bonds is 1. The maximum absolute atomic E-state index is 11.9. The average molecular weight is 219 g/mol. The molecule has 1 unspecified atom stereocenters. The van der Waals surface area contributed by atoms with Crippen LogP contribution in [0.2, 0.25) is 0 Å². The van der Waals surface area contributed by atoms with Crippen LogP contribution in [0.25, 0.3) is 0 Å². The highest BCUT2D eigenvalue weighted by Crippen LogP contribution is 2.34. The Balaban J connectivity index is 2.34. The Hall–Kier alpha value is -2.04. The highest BCUT2D eigenvalue weighted by Gasteiger charge is 2.35. The van der Waals surface area contributed by atoms with E-state index in [0.29, 0.717) is 0 Å². The fourth-order valence-corrected chi connectivity index (χ4v) is 1.83. The minimum absolute atomic E-state index is 0.121. The van der Waals surface area contributed by atoms with E-state index < -0.39 is 6.04 Å². The van der Waals surface area contributed by atoms with E-state index in [0.717, 1.165) is 11.3 Å². The Morgan fingerprint density at radius 1 is 1.38 bits per heavy atom. The first-order valence-electron chi connectivity index (χ1n) is 5.00. The molecule has 1 aromatic rings. The van der Waals surface area contributed by atoms with Crippen molar-refractivity contribution in [2.45, 2.75) is 6.04 Å². The van der Waals surface area contributed by atoms with Crippen LogP contribution in [0.3, 0.4) is 0 Å². The third-order valence-corrected chi connectivity index (χ3v) is 2.69. The van der Waals surface area contributed by atoms with Crippen LogP contribution < -0.4 is 15.5 Å². The topological polar surface area (TPSA) is 61.4 Å². The number of likely N-dealkylation sites (N-methyl/N-ethyl adjacent to an activating group) is 1. The maximum atomic E-state index is 11.9. The molecule has 1 aromatic carbocycles. The second-order valence-electron chi connectivity index (χ2n) is 3.61. The van der Waals surface area contributed by atoms with Crippen LogP contribution in [0.15, 0.2) is 24.3 Å². The highest BCUT2D eigenvalue weighted by atomic mass is 16.2. The number of hydrogen-bond acceptors (Lipinski definition) is 2. The van der Waals surface area contributed by atoms with Gasteiger partial charge in [0.2, 0.25) is 0 Å². The fourth-order valence-electron chi connectivity index (χ4n) is 1.83. The minimum atomic E-state index is -0.582. The molecule has 0 radical (unpaired) electrons. The van der Waals surface area contributed by atoms with Crippen LogP contribution in [0.1, 0.15) is 11.6 Å². The Kier molecular flexibility index (Phi) is 2.52. The van der Waals surface area contributed by atoms with E-state index in [9.17, 15) is 9.59 Å². The molecule has 0 aromatic heterocycles. The molecular formula is C11H13N3O2. The van der Waals surface area contributed by atoms with Crippen LogP contribution >= 0.6 is 0 Å². The molecule has 0 aliphatic carbocycles. The lowest BCUT2D eigenvalue weighted by atomic mass is 10.1. The second kappa shape index (κ2) is 3.84. The van der Waals surface area contributed by atoms with Crippen LogP contribution in [0.4, 0.5) is 10.5 Å². The summed E-state index contributed by atoms with van der Waals surface area (Å²) in [6.45, 7) is 0. The molecule has 5 nitrogen and oxygen atoms in total. The highest BCUT2D eigenvalue weighted by molar-refractivity contribution is 6.05. The molecular weight excluding hydrogens is 206 g/mol. The molecule has 0 saturated heterocycles. The summed E-state index contributed by atoms with van der Waals surface area (Å²) in [5, 5.41) is 5.06. The summed E-state index contributed by atoms with van der Waals surface area (Å²) in [6, 6.07) is 6.48. The molecule has 1 aliphatic rings. The van der Waals surface area contributed by atoms with Crippen LogP contribution in [0.5, 0.6) is 0 Å². The number of para-hydroxylation sites is 1. The molecule has 1 atom stereocenters. The van der Waals surface area contributed by atoms with E-state index in [1.807, 2.05) is 24.3 Å². The smallest absolute Gasteiger partial charge is 0.315 e. The van der Waals surface area contributed by atoms with Gasteiger partial charge in [-0.2, -0.15) is 0 Å². The van der Waals surface area contributed by atoms with Crippen LogP contribution in [-0.4, -0.2) is 26.0 Å². The number of hydrogen-bond donors (Lipinski definition) is 2. The molecule has 2 rings (SSSR count). The second-order valence-corrected chi connectivity index (χ2v) is 3.61. The number of nitrogens with zero attached hydrogens (tertiary/aromatic N) is 1. The molecule has 3 amide bonds. The Morgan fingerprint density at radius 2 is 2.06 bits per heavy atom. The van der Waals surface area contributed by atoms with Crippen molar-refractivity contribution in [1.82, 2.24) is 10.6 Å². The number of urea groups is 1. The standard InChI is InChI=1S/C11H13N3O2/c1-12-11(16)13-9-7-5-3-4-6-8(7)14(2)10(9)15/h3-6,9H,1-2H3,(H2,12,13,16). The number of carbonyl (C=O) groups is 2. The van der Waals surface area contributed by atoms with Gasteiger partial charge in [-0.3, -0.25) is 4.79 Å². The third kappa shape index (κ3) is 1.50. The predicted molar refractivity (Wildman–Crippen MR) is 60.2 cm³/mol. The number of nitrogens with one attached hydrogen (secondary N) is 2. The summed E-state index contributed by atoms with van der Waals surface area (Å²) >= 11 is 0. The molecule has 0 saturated carbocycles. The molecule has 1 aliphatic heterocycles. The zero-order valence-corrected chi connectivity index (χ0v) is 9.15. The molecule has 0 bridgehead atoms. The van der Waals surface area contributed by atoms with Crippen molar-refractivity contribution in [3.05, 3.63) is 29.8 Å². The monoisotopic (exact) mass is 219 g/mol. The van der Waals surface area contributed by atoms with Crippen LogP contribution in [-0.2, 0) is 4.79 Å². The molecule has 0 spiro atoms. The summed E-state index contributed by atoms with van der Waals surface area (Å²) < 4.78 is 0. The van der Waals surface area contributed by atoms with E-state index in [-0.39, 0.29) is 11.9 Å². The first kappa shape index (κ1) is 10.5. The molecule has 5 heteroatoms. The van der Waals surface area contributed by atoms with Crippen molar-refractivity contribution in [3.63, 3.8) is 0 Å². The zero-order chi connectivity index (χ0) is 11.7. The number of anilines is 1. The van der Waals surface area contributed by atoms with Gasteiger partial charge in [0.1, 0.15) is 6.04 Å². The summed E-state index contributed by atoms with van der Waals surface area (Å²) in [4.78, 5) is 24.7. The van der Waals surface area contributed by atoms with Gasteiger partial charge in [0.25, 0.3) is 5.91 Å². The van der Waals surface area contributed by atoms with Gasteiger partial charge in [-0.15, -0.1) is 0 Å². The van der Waals surface area contributed by atoms with Gasteiger partial charge in [-0.1, -0.05) is 18.2 Å². The zero-order valence-electron chi connectivity index (χ0n) is 9.15. The molecule has 16 heavy (non-hydrogen) atoms. The molecule has 2 N–H and O–H groups in total. The van der Waals surface area contributed by atoms with Gasteiger partial charge in [0, 0.05) is 25.3 Å². The number of benzene rings is 1. The van der Waals surface area contributed by atoms with E-state index in [4.69, 9.17) is 0 Å². The van der Waals surface area contributed by atoms with Crippen molar-refractivity contribution in [2.24, 2.45) is 0 Å². The fraction of sp³-hybridized carbons (Fsp3) is 0.273. The number of amides is 3. The van der Waals surface area contributed by atoms with Crippen LogP contribution in [0, 0.1) is 0 Å². The third-order valence-electron chi connectivity index (χ3n) is 2.69. The largest absolute Gasteiger partial charge is 0.341 e. The minimum Gasteiger partial charge on any atom is -0.341 e. The summed E-state index contributed by atoms with van der Waals surface area (Å²) in [5.41, 5.74) is 1.67. The van der Waals surface area contributed by atoms with E-state index in [1.54, 1.807) is 11.9 Å². The van der Waals surface area contributed by atoms with Crippen molar-refractivity contribution in [3.8, 4) is 0 Å². The SMILES string of the molecule is CNC(=O)NC1C(=O)N(C)c2ccccc21. The van der Waals surface area contributed by atoms with Gasteiger partial charge in [0.15, 0.2) is 0 Å². The Labute approximate surface area is 93.4 Å². The predicted octanol–water partition coefficient (Wildman–Crippen LogP) is 0.633. The molecule has 1 heterocycles. The van der Waals surface area contributed by atoms with Crippen molar-refractivity contribution >= 4 is 17.6 Å². The van der Waals surface area contributed by atoms with Gasteiger partial charge in [-0.25, -0.2) is 4.79 Å². The quantitative estimate of drug-likeness (QED) is 0.727. The normalized spacial score (nSPS) is 18.2. The lowest BCUT2D eigenvalue weighted by Gasteiger charge is -2.12. The van der Waals surface area contributed by atoms with Gasteiger partial charge >= 0.3 is 6.03 Å².